The fraction of sp³-hybridized carbons (Fsp3) is 0.400. The molecule has 4 heteroatoms. The van der Waals surface area contributed by atoms with Crippen molar-refractivity contribution >= 4 is 12.9 Å². The predicted molar refractivity (Wildman–Crippen MR) is 59.7 cm³/mol. The van der Waals surface area contributed by atoms with E-state index in [1.54, 1.807) is 7.48 Å². The fourth-order valence-corrected chi connectivity index (χ4v) is 1.04. The second-order valence-electron chi connectivity index (χ2n) is 2.94. The van der Waals surface area contributed by atoms with Crippen molar-refractivity contribution in [2.75, 3.05) is 26.2 Å². The van der Waals surface area contributed by atoms with Gasteiger partial charge in [0.25, 0.3) is 0 Å². The fourth-order valence-electron chi connectivity index (χ4n) is 1.04. The average molecular weight is 191 g/mol. The molecule has 0 aliphatic heterocycles. The summed E-state index contributed by atoms with van der Waals surface area (Å²) < 4.78 is 5.34. The van der Waals surface area contributed by atoms with Crippen LogP contribution in [0.4, 0.5) is 0 Å². The zero-order valence-electron chi connectivity index (χ0n) is 8.28. The van der Waals surface area contributed by atoms with E-state index >= 15 is 0 Å². The molecule has 14 heavy (non-hydrogen) atoms. The Morgan fingerprint density at radius 1 is 1.21 bits per heavy atom. The van der Waals surface area contributed by atoms with Crippen LogP contribution in [0.1, 0.15) is 0 Å². The third-order valence-electron chi connectivity index (χ3n) is 1.74. The standard InChI is InChI=1S/C10H16BN2O/c12-6-7-13-8-9-14-11-10-4-2-1-3-5-10/h1-5,13H,6-9,12H2. The summed E-state index contributed by atoms with van der Waals surface area (Å²) in [7, 11) is 1.77. The molecule has 75 valence electrons. The van der Waals surface area contributed by atoms with Crippen LogP contribution in [-0.2, 0) is 4.65 Å². The van der Waals surface area contributed by atoms with Crippen LogP contribution in [0.3, 0.4) is 0 Å². The van der Waals surface area contributed by atoms with E-state index in [9.17, 15) is 0 Å². The minimum atomic E-state index is 0.669. The molecule has 0 aliphatic rings. The molecular formula is C10H16BN2O. The first kappa shape index (κ1) is 11.2. The Morgan fingerprint density at radius 2 is 2.00 bits per heavy atom. The molecule has 3 nitrogen and oxygen atoms in total. The van der Waals surface area contributed by atoms with Gasteiger partial charge in [0.2, 0.25) is 0 Å². The van der Waals surface area contributed by atoms with E-state index in [4.69, 9.17) is 10.4 Å². The lowest BCUT2D eigenvalue weighted by atomic mass is 9.88. The smallest absolute Gasteiger partial charge is 0.330 e. The van der Waals surface area contributed by atoms with E-state index < -0.39 is 0 Å². The van der Waals surface area contributed by atoms with Gasteiger partial charge in [-0.3, -0.25) is 0 Å². The minimum absolute atomic E-state index is 0.669. The predicted octanol–water partition coefficient (Wildman–Crippen LogP) is -0.504. The lowest BCUT2D eigenvalue weighted by Crippen LogP contribution is -2.28. The molecule has 1 aromatic rings. The summed E-state index contributed by atoms with van der Waals surface area (Å²) in [6, 6.07) is 9.98. The van der Waals surface area contributed by atoms with Crippen LogP contribution in [0.2, 0.25) is 0 Å². The summed E-state index contributed by atoms with van der Waals surface area (Å²) in [6.07, 6.45) is 0. The second kappa shape index (κ2) is 7.56. The van der Waals surface area contributed by atoms with Crippen molar-refractivity contribution in [3.05, 3.63) is 30.3 Å². The van der Waals surface area contributed by atoms with Crippen molar-refractivity contribution in [3.8, 4) is 0 Å². The van der Waals surface area contributed by atoms with Gasteiger partial charge in [0.1, 0.15) is 0 Å². The quantitative estimate of drug-likeness (QED) is 0.451. The zero-order valence-corrected chi connectivity index (χ0v) is 8.28. The van der Waals surface area contributed by atoms with Gasteiger partial charge in [-0.2, -0.15) is 0 Å². The van der Waals surface area contributed by atoms with Gasteiger partial charge in [-0.1, -0.05) is 35.8 Å². The Kier molecular flexibility index (Phi) is 6.07. The van der Waals surface area contributed by atoms with E-state index in [0.717, 1.165) is 18.6 Å². The Labute approximate surface area is 85.9 Å². The largest absolute Gasteiger partial charge is 0.433 e. The zero-order chi connectivity index (χ0) is 10.1. The first-order chi connectivity index (χ1) is 6.93. The maximum Gasteiger partial charge on any atom is 0.330 e. The summed E-state index contributed by atoms with van der Waals surface area (Å²) in [6.45, 7) is 3.02. The maximum absolute atomic E-state index is 5.34. The monoisotopic (exact) mass is 191 g/mol. The van der Waals surface area contributed by atoms with E-state index in [1.165, 1.54) is 0 Å². The van der Waals surface area contributed by atoms with Crippen LogP contribution in [0.15, 0.2) is 30.3 Å². The summed E-state index contributed by atoms with van der Waals surface area (Å²) in [5.74, 6) is 0. The molecule has 0 saturated carbocycles. The molecule has 1 aromatic carbocycles. The van der Waals surface area contributed by atoms with Crippen molar-refractivity contribution in [2.45, 2.75) is 0 Å². The number of rotatable bonds is 7. The van der Waals surface area contributed by atoms with Crippen molar-refractivity contribution in [2.24, 2.45) is 5.73 Å². The summed E-state index contributed by atoms with van der Waals surface area (Å²) in [5, 5.41) is 3.15. The van der Waals surface area contributed by atoms with Crippen molar-refractivity contribution < 1.29 is 4.65 Å². The van der Waals surface area contributed by atoms with E-state index in [1.807, 2.05) is 30.3 Å². The van der Waals surface area contributed by atoms with E-state index in [2.05, 4.69) is 5.32 Å². The number of nitrogens with one attached hydrogen (secondary N) is 1. The molecule has 0 aromatic heterocycles. The van der Waals surface area contributed by atoms with Crippen LogP contribution in [-0.4, -0.2) is 33.7 Å². The molecular weight excluding hydrogens is 175 g/mol. The Morgan fingerprint density at radius 3 is 2.71 bits per heavy atom. The lowest BCUT2D eigenvalue weighted by Gasteiger charge is -2.03. The molecule has 3 N–H and O–H groups in total. The second-order valence-corrected chi connectivity index (χ2v) is 2.94. The minimum Gasteiger partial charge on any atom is -0.433 e. The van der Waals surface area contributed by atoms with E-state index in [0.29, 0.717) is 13.2 Å². The molecule has 0 amide bonds. The molecule has 0 fully saturated rings. The van der Waals surface area contributed by atoms with Crippen LogP contribution in [0.5, 0.6) is 0 Å². The number of hydrogen-bond donors (Lipinski definition) is 2. The number of hydrogen-bond acceptors (Lipinski definition) is 3. The SMILES string of the molecule is NCCNCCO[B]c1ccccc1. The van der Waals surface area contributed by atoms with Gasteiger partial charge in [-0.05, 0) is 0 Å². The van der Waals surface area contributed by atoms with Crippen molar-refractivity contribution in [1.29, 1.82) is 0 Å². The molecule has 1 radical (unpaired) electrons. The highest BCUT2D eigenvalue weighted by Gasteiger charge is 1.94. The Balaban J connectivity index is 1.99. The van der Waals surface area contributed by atoms with Crippen molar-refractivity contribution in [3.63, 3.8) is 0 Å². The Bertz CT molecular complexity index is 231. The van der Waals surface area contributed by atoms with Gasteiger partial charge in [-0.15, -0.1) is 0 Å². The maximum atomic E-state index is 5.34. The Hall–Kier alpha value is -0.835. The molecule has 0 spiro atoms. The summed E-state index contributed by atoms with van der Waals surface area (Å²) in [5.41, 5.74) is 6.41. The average Bonchev–Trinajstić information content (AvgIpc) is 2.25. The van der Waals surface area contributed by atoms with Crippen LogP contribution in [0.25, 0.3) is 0 Å². The van der Waals surface area contributed by atoms with Crippen LogP contribution >= 0.6 is 0 Å². The molecule has 1 rings (SSSR count). The van der Waals surface area contributed by atoms with Crippen molar-refractivity contribution in [1.82, 2.24) is 5.32 Å². The number of benzene rings is 1. The third kappa shape index (κ3) is 5.02. The van der Waals surface area contributed by atoms with Gasteiger partial charge in [-0.25, -0.2) is 0 Å². The summed E-state index contributed by atoms with van der Waals surface area (Å²) >= 11 is 0. The van der Waals surface area contributed by atoms with Gasteiger partial charge >= 0.3 is 7.48 Å². The molecule has 0 atom stereocenters. The van der Waals surface area contributed by atoms with Gasteiger partial charge in [0.15, 0.2) is 0 Å². The molecule has 0 saturated heterocycles. The van der Waals surface area contributed by atoms with Gasteiger partial charge < -0.3 is 15.7 Å². The molecule has 0 heterocycles. The highest BCUT2D eigenvalue weighted by Crippen LogP contribution is 1.81. The molecule has 0 bridgehead atoms. The van der Waals surface area contributed by atoms with Crippen LogP contribution < -0.4 is 16.5 Å². The van der Waals surface area contributed by atoms with E-state index in [-0.39, 0.29) is 0 Å². The molecule has 0 unspecified atom stereocenters. The first-order valence-electron chi connectivity index (χ1n) is 4.84. The molecule has 0 aliphatic carbocycles. The topological polar surface area (TPSA) is 47.3 Å². The lowest BCUT2D eigenvalue weighted by molar-refractivity contribution is 0.337. The summed E-state index contributed by atoms with van der Waals surface area (Å²) in [4.78, 5) is 0. The van der Waals surface area contributed by atoms with Gasteiger partial charge in [0, 0.05) is 26.2 Å². The number of nitrogens with two attached hydrogens (primary N) is 1. The first-order valence-corrected chi connectivity index (χ1v) is 4.84. The third-order valence-corrected chi connectivity index (χ3v) is 1.74. The van der Waals surface area contributed by atoms with Gasteiger partial charge in [0.05, 0.1) is 0 Å². The normalized spacial score (nSPS) is 10.1. The highest BCUT2D eigenvalue weighted by atomic mass is 16.4. The van der Waals surface area contributed by atoms with Crippen LogP contribution in [0, 0.1) is 0 Å². The highest BCUT2D eigenvalue weighted by molar-refractivity contribution is 6.46.